The molecule has 1 rings (SSSR count). The van der Waals surface area contributed by atoms with Gasteiger partial charge in [0.05, 0.1) is 12.6 Å². The van der Waals surface area contributed by atoms with E-state index in [1.807, 2.05) is 6.92 Å². The lowest BCUT2D eigenvalue weighted by Gasteiger charge is -2.22. The van der Waals surface area contributed by atoms with Gasteiger partial charge in [0, 0.05) is 18.4 Å². The molecule has 4 nitrogen and oxygen atoms in total. The van der Waals surface area contributed by atoms with E-state index in [0.29, 0.717) is 23.8 Å². The number of hydrogen-bond acceptors (Lipinski definition) is 3. The number of carbonyl (C=O) groups excluding carboxylic acids is 1. The maximum Gasteiger partial charge on any atom is 0.251 e. The van der Waals surface area contributed by atoms with Gasteiger partial charge in [-0.2, -0.15) is 0 Å². The fraction of sp³-hybridized carbons (Fsp3) is 0.500. The molecule has 1 atom stereocenters. The van der Waals surface area contributed by atoms with Crippen molar-refractivity contribution in [1.29, 1.82) is 0 Å². The Morgan fingerprint density at radius 1 is 1.44 bits per heavy atom. The normalized spacial score (nSPS) is 12.5. The number of hydrogen-bond donors (Lipinski definition) is 2. The second kappa shape index (κ2) is 6.40. The molecule has 0 bridgehead atoms. The van der Waals surface area contributed by atoms with Gasteiger partial charge in [0.15, 0.2) is 0 Å². The van der Waals surface area contributed by atoms with Crippen molar-refractivity contribution in [3.8, 4) is 0 Å². The van der Waals surface area contributed by atoms with E-state index in [1.54, 1.807) is 25.3 Å². The van der Waals surface area contributed by atoms with Crippen LogP contribution >= 0.6 is 0 Å². The standard InChI is InChI=1S/C14H22N2O2/c1-9(2)13(8-18-4)16-14(17)12-6-5-11(15)7-10(12)3/h5-7,9,13H,8,15H2,1-4H3,(H,16,17). The number of methoxy groups -OCH3 is 1. The molecule has 0 aliphatic carbocycles. The van der Waals surface area contributed by atoms with Crippen LogP contribution in [0, 0.1) is 12.8 Å². The molecule has 0 fully saturated rings. The number of nitrogens with two attached hydrogens (primary N) is 1. The minimum atomic E-state index is -0.0803. The summed E-state index contributed by atoms with van der Waals surface area (Å²) in [6.45, 7) is 6.50. The quantitative estimate of drug-likeness (QED) is 0.785. The molecule has 1 amide bonds. The largest absolute Gasteiger partial charge is 0.399 e. The van der Waals surface area contributed by atoms with E-state index in [9.17, 15) is 4.79 Å². The Hall–Kier alpha value is -1.55. The van der Waals surface area contributed by atoms with Crippen molar-refractivity contribution in [3.63, 3.8) is 0 Å². The molecule has 0 saturated heterocycles. The van der Waals surface area contributed by atoms with Gasteiger partial charge in [0.1, 0.15) is 0 Å². The van der Waals surface area contributed by atoms with Crippen LogP contribution in [-0.4, -0.2) is 25.7 Å². The van der Waals surface area contributed by atoms with Crippen molar-refractivity contribution < 1.29 is 9.53 Å². The van der Waals surface area contributed by atoms with Crippen LogP contribution in [0.2, 0.25) is 0 Å². The Kier molecular flexibility index (Phi) is 5.16. The van der Waals surface area contributed by atoms with Gasteiger partial charge >= 0.3 is 0 Å². The highest BCUT2D eigenvalue weighted by Crippen LogP contribution is 2.13. The minimum Gasteiger partial charge on any atom is -0.399 e. The molecule has 0 aromatic heterocycles. The zero-order valence-electron chi connectivity index (χ0n) is 11.5. The van der Waals surface area contributed by atoms with Gasteiger partial charge in [-0.25, -0.2) is 0 Å². The van der Waals surface area contributed by atoms with E-state index in [-0.39, 0.29) is 11.9 Å². The molecule has 1 unspecified atom stereocenters. The fourth-order valence-electron chi connectivity index (χ4n) is 1.77. The predicted molar refractivity (Wildman–Crippen MR) is 73.6 cm³/mol. The minimum absolute atomic E-state index is 0.0134. The summed E-state index contributed by atoms with van der Waals surface area (Å²) in [6, 6.07) is 5.31. The topological polar surface area (TPSA) is 64.3 Å². The van der Waals surface area contributed by atoms with Crippen molar-refractivity contribution in [3.05, 3.63) is 29.3 Å². The summed E-state index contributed by atoms with van der Waals surface area (Å²) in [5, 5.41) is 2.99. The number of rotatable bonds is 5. The summed E-state index contributed by atoms with van der Waals surface area (Å²) in [7, 11) is 1.63. The molecule has 0 spiro atoms. The Morgan fingerprint density at radius 3 is 2.61 bits per heavy atom. The number of nitrogens with one attached hydrogen (secondary N) is 1. The molecule has 4 heteroatoms. The highest BCUT2D eigenvalue weighted by Gasteiger charge is 2.18. The van der Waals surface area contributed by atoms with Gasteiger partial charge in [-0.15, -0.1) is 0 Å². The first-order chi connectivity index (χ1) is 8.45. The van der Waals surface area contributed by atoms with E-state index in [4.69, 9.17) is 10.5 Å². The summed E-state index contributed by atoms with van der Waals surface area (Å²) >= 11 is 0. The maximum atomic E-state index is 12.2. The molecule has 0 aliphatic heterocycles. The fourth-order valence-corrected chi connectivity index (χ4v) is 1.77. The number of nitrogen functional groups attached to an aromatic ring is 1. The third kappa shape index (κ3) is 3.74. The molecule has 100 valence electrons. The zero-order chi connectivity index (χ0) is 13.7. The lowest BCUT2D eigenvalue weighted by atomic mass is 10.0. The van der Waals surface area contributed by atoms with Crippen LogP contribution in [0.25, 0.3) is 0 Å². The van der Waals surface area contributed by atoms with Gasteiger partial charge in [0.2, 0.25) is 0 Å². The number of ether oxygens (including phenoxy) is 1. The molecule has 0 radical (unpaired) electrons. The van der Waals surface area contributed by atoms with Crippen LogP contribution in [0.15, 0.2) is 18.2 Å². The average Bonchev–Trinajstić information content (AvgIpc) is 2.27. The number of anilines is 1. The van der Waals surface area contributed by atoms with Crippen LogP contribution in [0.4, 0.5) is 5.69 Å². The molecule has 0 heterocycles. The summed E-state index contributed by atoms with van der Waals surface area (Å²) < 4.78 is 5.12. The van der Waals surface area contributed by atoms with Gasteiger partial charge < -0.3 is 15.8 Å². The molecule has 1 aromatic rings. The number of carbonyl (C=O) groups is 1. The predicted octanol–water partition coefficient (Wildman–Crippen LogP) is 1.98. The Bertz CT molecular complexity index is 416. The van der Waals surface area contributed by atoms with Crippen molar-refractivity contribution in [2.45, 2.75) is 26.8 Å². The summed E-state index contributed by atoms with van der Waals surface area (Å²) in [5.41, 5.74) is 7.88. The molecule has 1 aromatic carbocycles. The molecule has 0 saturated carbocycles. The number of benzene rings is 1. The average molecular weight is 250 g/mol. The van der Waals surface area contributed by atoms with E-state index in [0.717, 1.165) is 5.56 Å². The summed E-state index contributed by atoms with van der Waals surface area (Å²) in [4.78, 5) is 12.2. The smallest absolute Gasteiger partial charge is 0.251 e. The Morgan fingerprint density at radius 2 is 2.11 bits per heavy atom. The van der Waals surface area contributed by atoms with E-state index in [2.05, 4.69) is 19.2 Å². The SMILES string of the molecule is COCC(NC(=O)c1ccc(N)cc1C)C(C)C. The van der Waals surface area contributed by atoms with Crippen LogP contribution < -0.4 is 11.1 Å². The number of amides is 1. The Labute approximate surface area is 109 Å². The van der Waals surface area contributed by atoms with Gasteiger partial charge in [-0.3, -0.25) is 4.79 Å². The lowest BCUT2D eigenvalue weighted by molar-refractivity contribution is 0.0866. The molecular weight excluding hydrogens is 228 g/mol. The van der Waals surface area contributed by atoms with Gasteiger partial charge in [-0.05, 0) is 36.6 Å². The molecular formula is C14H22N2O2. The van der Waals surface area contributed by atoms with Crippen LogP contribution in [-0.2, 0) is 4.74 Å². The van der Waals surface area contributed by atoms with Crippen molar-refractivity contribution >= 4 is 11.6 Å². The zero-order valence-corrected chi connectivity index (χ0v) is 11.5. The third-order valence-electron chi connectivity index (χ3n) is 2.96. The molecule has 0 aliphatic rings. The molecule has 18 heavy (non-hydrogen) atoms. The lowest BCUT2D eigenvalue weighted by Crippen LogP contribution is -2.41. The summed E-state index contributed by atoms with van der Waals surface area (Å²) in [6.07, 6.45) is 0. The first kappa shape index (κ1) is 14.5. The third-order valence-corrected chi connectivity index (χ3v) is 2.96. The summed E-state index contributed by atoms with van der Waals surface area (Å²) in [5.74, 6) is 0.242. The van der Waals surface area contributed by atoms with E-state index >= 15 is 0 Å². The van der Waals surface area contributed by atoms with Crippen molar-refractivity contribution in [2.75, 3.05) is 19.5 Å². The van der Waals surface area contributed by atoms with Crippen LogP contribution in [0.3, 0.4) is 0 Å². The second-order valence-corrected chi connectivity index (χ2v) is 4.85. The number of aryl methyl sites for hydroxylation is 1. The van der Waals surface area contributed by atoms with E-state index < -0.39 is 0 Å². The first-order valence-electron chi connectivity index (χ1n) is 6.11. The second-order valence-electron chi connectivity index (χ2n) is 4.85. The Balaban J connectivity index is 2.80. The van der Waals surface area contributed by atoms with Gasteiger partial charge in [0.25, 0.3) is 5.91 Å². The first-order valence-corrected chi connectivity index (χ1v) is 6.11. The molecule has 3 N–H and O–H groups in total. The highest BCUT2D eigenvalue weighted by atomic mass is 16.5. The van der Waals surface area contributed by atoms with Crippen LogP contribution in [0.1, 0.15) is 29.8 Å². The monoisotopic (exact) mass is 250 g/mol. The van der Waals surface area contributed by atoms with Gasteiger partial charge in [-0.1, -0.05) is 13.8 Å². The van der Waals surface area contributed by atoms with Crippen molar-refractivity contribution in [1.82, 2.24) is 5.32 Å². The maximum absolute atomic E-state index is 12.2. The van der Waals surface area contributed by atoms with Crippen molar-refractivity contribution in [2.24, 2.45) is 5.92 Å². The highest BCUT2D eigenvalue weighted by molar-refractivity contribution is 5.96. The van der Waals surface area contributed by atoms with Crippen LogP contribution in [0.5, 0.6) is 0 Å². The van der Waals surface area contributed by atoms with E-state index in [1.165, 1.54) is 0 Å².